The van der Waals surface area contributed by atoms with Crippen molar-refractivity contribution in [3.63, 3.8) is 0 Å². The lowest BCUT2D eigenvalue weighted by Crippen LogP contribution is -2.36. The van der Waals surface area contributed by atoms with Gasteiger partial charge >= 0.3 is 0 Å². The Balaban J connectivity index is 1.85. The molecule has 0 aliphatic heterocycles. The van der Waals surface area contributed by atoms with Gasteiger partial charge in [-0.05, 0) is 43.0 Å². The molecular formula is C18H15Cl3FNO2. The van der Waals surface area contributed by atoms with Crippen molar-refractivity contribution in [3.05, 3.63) is 62.4 Å². The minimum atomic E-state index is -2.17. The number of hydrogen-bond donors (Lipinski definition) is 1. The third-order valence-corrected chi connectivity index (χ3v) is 5.72. The molecule has 1 aliphatic rings. The second kappa shape index (κ2) is 7.20. The van der Waals surface area contributed by atoms with Crippen molar-refractivity contribution in [1.29, 1.82) is 0 Å². The minimum absolute atomic E-state index is 0.0807. The van der Waals surface area contributed by atoms with Gasteiger partial charge in [0.1, 0.15) is 0 Å². The van der Waals surface area contributed by atoms with E-state index in [2.05, 4.69) is 4.98 Å². The Morgan fingerprint density at radius 3 is 2.76 bits per heavy atom. The summed E-state index contributed by atoms with van der Waals surface area (Å²) in [5.41, 5.74) is -1.28. The lowest BCUT2D eigenvalue weighted by atomic mass is 9.77. The molecule has 0 unspecified atom stereocenters. The molecule has 0 fully saturated rings. The summed E-state index contributed by atoms with van der Waals surface area (Å²) in [7, 11) is 0. The summed E-state index contributed by atoms with van der Waals surface area (Å²) in [5, 5.41) is 11.0. The largest absolute Gasteiger partial charge is 0.387 e. The van der Waals surface area contributed by atoms with Gasteiger partial charge in [0, 0.05) is 23.2 Å². The number of fused-ring (bicyclic) bond motifs is 1. The average molecular weight is 403 g/mol. The molecule has 1 N–H and O–H groups in total. The maximum absolute atomic E-state index is 15.5. The van der Waals surface area contributed by atoms with Gasteiger partial charge < -0.3 is 5.11 Å². The number of hydrogen-bond acceptors (Lipinski definition) is 3. The first-order valence-electron chi connectivity index (χ1n) is 7.82. The number of aromatic nitrogens is 1. The van der Waals surface area contributed by atoms with Crippen LogP contribution in [0.1, 0.15) is 42.2 Å². The first-order valence-corrected chi connectivity index (χ1v) is 8.96. The highest BCUT2D eigenvalue weighted by Gasteiger charge is 2.45. The Labute approximate surface area is 159 Å². The van der Waals surface area contributed by atoms with Crippen LogP contribution in [0.3, 0.4) is 0 Å². The first-order chi connectivity index (χ1) is 11.8. The Hall–Kier alpha value is -1.20. The van der Waals surface area contributed by atoms with Crippen LogP contribution < -0.4 is 0 Å². The first kappa shape index (κ1) is 18.6. The average Bonchev–Trinajstić information content (AvgIpc) is 2.61. The quantitative estimate of drug-likeness (QED) is 0.712. The van der Waals surface area contributed by atoms with E-state index in [0.717, 1.165) is 0 Å². The molecule has 2 atom stereocenters. The van der Waals surface area contributed by atoms with Crippen molar-refractivity contribution in [3.8, 4) is 0 Å². The number of nitrogens with zero attached hydrogens (tertiary/aromatic N) is 1. The molecule has 0 radical (unpaired) electrons. The molecule has 2 aromatic rings. The number of ketones is 1. The molecule has 1 aliphatic carbocycles. The van der Waals surface area contributed by atoms with Crippen LogP contribution in [0.5, 0.6) is 0 Å². The van der Waals surface area contributed by atoms with E-state index in [-0.39, 0.29) is 42.0 Å². The zero-order chi connectivity index (χ0) is 18.2. The lowest BCUT2D eigenvalue weighted by Gasteiger charge is -2.32. The molecule has 25 heavy (non-hydrogen) atoms. The molecule has 1 heterocycles. The van der Waals surface area contributed by atoms with E-state index in [0.29, 0.717) is 15.6 Å². The van der Waals surface area contributed by atoms with Gasteiger partial charge in [0.25, 0.3) is 0 Å². The normalized spacial score (nSPS) is 22.5. The van der Waals surface area contributed by atoms with Gasteiger partial charge in [0.05, 0.1) is 21.8 Å². The molecule has 0 spiro atoms. The highest BCUT2D eigenvalue weighted by Crippen LogP contribution is 2.43. The Morgan fingerprint density at radius 2 is 2.00 bits per heavy atom. The predicted octanol–water partition coefficient (Wildman–Crippen LogP) is 5.24. The van der Waals surface area contributed by atoms with Gasteiger partial charge in [-0.2, -0.15) is 0 Å². The smallest absolute Gasteiger partial charge is 0.195 e. The number of benzene rings is 1. The van der Waals surface area contributed by atoms with Gasteiger partial charge in [-0.3, -0.25) is 9.78 Å². The maximum atomic E-state index is 15.5. The van der Waals surface area contributed by atoms with Gasteiger partial charge in [-0.15, -0.1) is 0 Å². The van der Waals surface area contributed by atoms with Crippen molar-refractivity contribution >= 4 is 40.6 Å². The number of Topliss-reactive ketones (excluding diaryl/α,β-unsaturated/α-hetero) is 1. The van der Waals surface area contributed by atoms with Crippen molar-refractivity contribution in [2.75, 3.05) is 0 Å². The third kappa shape index (κ3) is 3.41. The highest BCUT2D eigenvalue weighted by atomic mass is 35.5. The standard InChI is InChI=1S/C18H15Cl3FNO2/c19-12-4-5-13(20)16(21)10(12)3-6-15(25)18(22)8-7-14(24)17-11(18)2-1-9-23-17/h1-2,4-5,9,14,24H,3,6-8H2/t14-,18+/m1/s1. The minimum Gasteiger partial charge on any atom is -0.387 e. The topological polar surface area (TPSA) is 50.2 Å². The summed E-state index contributed by atoms with van der Waals surface area (Å²) in [4.78, 5) is 16.7. The van der Waals surface area contributed by atoms with Crippen molar-refractivity contribution < 1.29 is 14.3 Å². The van der Waals surface area contributed by atoms with Crippen LogP contribution in [0.4, 0.5) is 4.39 Å². The van der Waals surface area contributed by atoms with Crippen LogP contribution in [0, 0.1) is 0 Å². The number of rotatable bonds is 4. The summed E-state index contributed by atoms with van der Waals surface area (Å²) in [6.45, 7) is 0. The van der Waals surface area contributed by atoms with Crippen LogP contribution in [-0.4, -0.2) is 15.9 Å². The maximum Gasteiger partial charge on any atom is 0.195 e. The number of alkyl halides is 1. The van der Waals surface area contributed by atoms with E-state index in [1.807, 2.05) is 0 Å². The van der Waals surface area contributed by atoms with E-state index in [4.69, 9.17) is 34.8 Å². The van der Waals surface area contributed by atoms with E-state index in [9.17, 15) is 9.90 Å². The van der Waals surface area contributed by atoms with Gasteiger partial charge in [-0.25, -0.2) is 4.39 Å². The highest BCUT2D eigenvalue weighted by molar-refractivity contribution is 6.44. The van der Waals surface area contributed by atoms with Crippen molar-refractivity contribution in [2.45, 2.75) is 37.5 Å². The van der Waals surface area contributed by atoms with E-state index >= 15 is 4.39 Å². The summed E-state index contributed by atoms with van der Waals surface area (Å²) < 4.78 is 15.5. The van der Waals surface area contributed by atoms with E-state index in [1.54, 1.807) is 18.2 Å². The molecule has 1 aromatic heterocycles. The van der Waals surface area contributed by atoms with E-state index < -0.39 is 17.6 Å². The zero-order valence-electron chi connectivity index (χ0n) is 13.1. The second-order valence-corrected chi connectivity index (χ2v) is 7.23. The third-order valence-electron chi connectivity index (χ3n) is 4.53. The Morgan fingerprint density at radius 1 is 1.28 bits per heavy atom. The van der Waals surface area contributed by atoms with Crippen LogP contribution >= 0.6 is 34.8 Å². The predicted molar refractivity (Wildman–Crippen MR) is 96.0 cm³/mol. The fraction of sp³-hybridized carbons (Fsp3) is 0.333. The monoisotopic (exact) mass is 401 g/mol. The SMILES string of the molecule is O=C(CCc1c(Cl)ccc(Cl)c1Cl)[C@]1(F)CC[C@@H](O)c2ncccc21. The summed E-state index contributed by atoms with van der Waals surface area (Å²) in [5.74, 6) is -0.583. The zero-order valence-corrected chi connectivity index (χ0v) is 15.4. The molecule has 0 bridgehead atoms. The van der Waals surface area contributed by atoms with Crippen molar-refractivity contribution in [1.82, 2.24) is 4.98 Å². The molecular weight excluding hydrogens is 388 g/mol. The van der Waals surface area contributed by atoms with Crippen molar-refractivity contribution in [2.24, 2.45) is 0 Å². The van der Waals surface area contributed by atoms with E-state index in [1.165, 1.54) is 12.3 Å². The number of halogens is 4. The Bertz CT molecular complexity index is 830. The number of carbonyl (C=O) groups is 1. The fourth-order valence-electron chi connectivity index (χ4n) is 3.15. The molecule has 0 saturated heterocycles. The van der Waals surface area contributed by atoms with Crippen LogP contribution in [0.2, 0.25) is 15.1 Å². The molecule has 3 nitrogen and oxygen atoms in total. The summed E-state index contributed by atoms with van der Waals surface area (Å²) in [6, 6.07) is 6.22. The van der Waals surface area contributed by atoms with Crippen LogP contribution in [0.25, 0.3) is 0 Å². The Kier molecular flexibility index (Phi) is 5.35. The van der Waals surface area contributed by atoms with Gasteiger partial charge in [0.15, 0.2) is 11.5 Å². The lowest BCUT2D eigenvalue weighted by molar-refractivity contribution is -0.133. The van der Waals surface area contributed by atoms with Gasteiger partial charge in [-0.1, -0.05) is 40.9 Å². The number of aliphatic hydroxyl groups is 1. The van der Waals surface area contributed by atoms with Gasteiger partial charge in [0.2, 0.25) is 0 Å². The molecule has 0 saturated carbocycles. The molecule has 7 heteroatoms. The number of aliphatic hydroxyl groups excluding tert-OH is 1. The molecule has 132 valence electrons. The van der Waals surface area contributed by atoms with Crippen LogP contribution in [0.15, 0.2) is 30.5 Å². The summed E-state index contributed by atoms with van der Waals surface area (Å²) >= 11 is 18.2. The summed E-state index contributed by atoms with van der Waals surface area (Å²) in [6.07, 6.45) is 0.781. The number of carbonyl (C=O) groups excluding carboxylic acids is 1. The number of pyridine rings is 1. The fourth-order valence-corrected chi connectivity index (χ4v) is 3.89. The second-order valence-electron chi connectivity index (χ2n) is 6.04. The molecule has 3 rings (SSSR count). The molecule has 1 aromatic carbocycles. The molecule has 0 amide bonds. The van der Waals surface area contributed by atoms with Crippen LogP contribution in [-0.2, 0) is 16.9 Å².